The first-order valence-electron chi connectivity index (χ1n) is 22.2. The summed E-state index contributed by atoms with van der Waals surface area (Å²) in [5, 5.41) is 12.4. The molecule has 2 heterocycles. The second-order valence-electron chi connectivity index (χ2n) is 16.9. The summed E-state index contributed by atoms with van der Waals surface area (Å²) in [6, 6.07) is 85.3. The molecule has 0 fully saturated rings. The fourth-order valence-corrected chi connectivity index (χ4v) is 10.2. The summed E-state index contributed by atoms with van der Waals surface area (Å²) in [7, 11) is 0. The molecule has 3 nitrogen and oxygen atoms in total. The molecule has 0 N–H and O–H groups in total. The van der Waals surface area contributed by atoms with E-state index in [0.717, 1.165) is 39.2 Å². The quantitative estimate of drug-likeness (QED) is 0.123. The molecule has 13 rings (SSSR count). The SMILES string of the molecule is c1ccc(-c2nc(-c3cccc(-n4c5ccccc5c5ccccc54)c3)cc(-c3ccc(-c4ccc(-c5c6ccccc6cc6c5ccc5ccccc56)cc4)c4ccccc34)n2)cc1. The highest BCUT2D eigenvalue weighted by atomic mass is 15.0. The third kappa shape index (κ3) is 6.12. The fourth-order valence-electron chi connectivity index (χ4n) is 10.2. The van der Waals surface area contributed by atoms with E-state index in [0.29, 0.717) is 5.82 Å². The maximum Gasteiger partial charge on any atom is 0.160 e. The number of rotatable bonds is 6. The van der Waals surface area contributed by atoms with Gasteiger partial charge >= 0.3 is 0 Å². The molecule has 0 spiro atoms. The molecule has 0 aliphatic heterocycles. The Morgan fingerprint density at radius 2 is 0.846 bits per heavy atom. The Morgan fingerprint density at radius 1 is 0.277 bits per heavy atom. The maximum atomic E-state index is 5.30. The molecule has 0 aliphatic carbocycles. The predicted molar refractivity (Wildman–Crippen MR) is 274 cm³/mol. The Morgan fingerprint density at radius 3 is 1.60 bits per heavy atom. The van der Waals surface area contributed by atoms with Crippen LogP contribution < -0.4 is 0 Å². The molecule has 11 aromatic carbocycles. The zero-order chi connectivity index (χ0) is 42.8. The van der Waals surface area contributed by atoms with E-state index >= 15 is 0 Å². The second kappa shape index (κ2) is 15.0. The molecule has 13 aromatic rings. The molecule has 0 atom stereocenters. The highest BCUT2D eigenvalue weighted by Gasteiger charge is 2.18. The molecule has 0 radical (unpaired) electrons. The summed E-state index contributed by atoms with van der Waals surface area (Å²) in [4.78, 5) is 10.6. The summed E-state index contributed by atoms with van der Waals surface area (Å²) in [5.74, 6) is 0.693. The first kappa shape index (κ1) is 36.9. The van der Waals surface area contributed by atoms with E-state index in [1.165, 1.54) is 81.8 Å². The first-order chi connectivity index (χ1) is 32.2. The van der Waals surface area contributed by atoms with Gasteiger partial charge in [-0.25, -0.2) is 9.97 Å². The summed E-state index contributed by atoms with van der Waals surface area (Å²) in [6.45, 7) is 0. The highest BCUT2D eigenvalue weighted by molar-refractivity contribution is 6.20. The Bertz CT molecular complexity index is 3940. The molecule has 2 aromatic heterocycles. The smallest absolute Gasteiger partial charge is 0.160 e. The van der Waals surface area contributed by atoms with Crippen LogP contribution in [0, 0.1) is 0 Å². The van der Waals surface area contributed by atoms with Gasteiger partial charge < -0.3 is 4.57 Å². The van der Waals surface area contributed by atoms with Crippen molar-refractivity contribution in [1.29, 1.82) is 0 Å². The van der Waals surface area contributed by atoms with Gasteiger partial charge in [0.1, 0.15) is 0 Å². The van der Waals surface area contributed by atoms with Gasteiger partial charge in [0.25, 0.3) is 0 Å². The van der Waals surface area contributed by atoms with Gasteiger partial charge in [-0.05, 0) is 102 Å². The topological polar surface area (TPSA) is 30.7 Å². The van der Waals surface area contributed by atoms with E-state index in [1.807, 2.05) is 18.2 Å². The van der Waals surface area contributed by atoms with E-state index in [2.05, 4.69) is 223 Å². The van der Waals surface area contributed by atoms with Crippen molar-refractivity contribution in [1.82, 2.24) is 14.5 Å². The van der Waals surface area contributed by atoms with Crippen LogP contribution in [-0.4, -0.2) is 14.5 Å². The molecule has 302 valence electrons. The lowest BCUT2D eigenvalue weighted by Gasteiger charge is -2.16. The zero-order valence-electron chi connectivity index (χ0n) is 35.4. The van der Waals surface area contributed by atoms with Crippen LogP contribution in [0.4, 0.5) is 0 Å². The van der Waals surface area contributed by atoms with Gasteiger partial charge in [0, 0.05) is 33.2 Å². The normalized spacial score (nSPS) is 11.7. The third-order valence-electron chi connectivity index (χ3n) is 13.2. The van der Waals surface area contributed by atoms with Gasteiger partial charge in [0.15, 0.2) is 5.82 Å². The monoisotopic (exact) mass is 825 g/mol. The summed E-state index contributed by atoms with van der Waals surface area (Å²) in [6.07, 6.45) is 0. The Hall–Kier alpha value is -8.66. The molecule has 0 saturated heterocycles. The lowest BCUT2D eigenvalue weighted by molar-refractivity contribution is 1.16. The second-order valence-corrected chi connectivity index (χ2v) is 16.9. The van der Waals surface area contributed by atoms with E-state index in [9.17, 15) is 0 Å². The van der Waals surface area contributed by atoms with Crippen LogP contribution >= 0.6 is 0 Å². The molecule has 3 heteroatoms. The number of hydrogen-bond acceptors (Lipinski definition) is 2. The Kier molecular flexibility index (Phi) is 8.53. The number of nitrogens with zero attached hydrogens (tertiary/aromatic N) is 3. The summed E-state index contributed by atoms with van der Waals surface area (Å²) < 4.78 is 2.36. The van der Waals surface area contributed by atoms with Gasteiger partial charge in [-0.3, -0.25) is 0 Å². The minimum absolute atomic E-state index is 0.693. The summed E-state index contributed by atoms with van der Waals surface area (Å²) in [5.41, 5.74) is 13.1. The van der Waals surface area contributed by atoms with Crippen molar-refractivity contribution in [2.24, 2.45) is 0 Å². The molecular weight excluding hydrogens is 787 g/mol. The van der Waals surface area contributed by atoms with Crippen molar-refractivity contribution in [3.63, 3.8) is 0 Å². The van der Waals surface area contributed by atoms with Crippen LogP contribution in [0.1, 0.15) is 0 Å². The lowest BCUT2D eigenvalue weighted by Crippen LogP contribution is -1.98. The molecule has 0 saturated carbocycles. The van der Waals surface area contributed by atoms with E-state index in [-0.39, 0.29) is 0 Å². The van der Waals surface area contributed by atoms with Crippen molar-refractivity contribution in [2.75, 3.05) is 0 Å². The zero-order valence-corrected chi connectivity index (χ0v) is 35.4. The number of benzene rings is 11. The largest absolute Gasteiger partial charge is 0.309 e. The van der Waals surface area contributed by atoms with Gasteiger partial charge in [0.2, 0.25) is 0 Å². The molecule has 0 aliphatic rings. The van der Waals surface area contributed by atoms with Crippen molar-refractivity contribution in [3.8, 4) is 61.8 Å². The molecule has 0 amide bonds. The molecular formula is C62H39N3. The Balaban J connectivity index is 0.936. The summed E-state index contributed by atoms with van der Waals surface area (Å²) >= 11 is 0. The van der Waals surface area contributed by atoms with E-state index in [4.69, 9.17) is 9.97 Å². The Labute approximate surface area is 376 Å². The van der Waals surface area contributed by atoms with Crippen LogP contribution in [-0.2, 0) is 0 Å². The van der Waals surface area contributed by atoms with Crippen molar-refractivity contribution >= 4 is 64.9 Å². The maximum absolute atomic E-state index is 5.30. The molecule has 65 heavy (non-hydrogen) atoms. The minimum atomic E-state index is 0.693. The average molecular weight is 826 g/mol. The standard InChI is InChI=1S/C62H39N3/c1-2-16-43(17-3-1)62-63-57(45-19-14-20-46(37-45)65-59-27-12-10-25-53(59)54-26-11-13-28-60(54)65)39-58(64-62)52-36-35-48(50-23-8-9-24-51(50)52)41-29-31-42(32-30-41)61-49-22-7-5-18-44(49)38-56-47-21-6-4-15-40(47)33-34-55(56)61/h1-39H. The molecule has 0 bridgehead atoms. The van der Waals surface area contributed by atoms with Crippen molar-refractivity contribution < 1.29 is 0 Å². The van der Waals surface area contributed by atoms with E-state index < -0.39 is 0 Å². The molecule has 0 unspecified atom stereocenters. The number of aromatic nitrogens is 3. The van der Waals surface area contributed by atoms with Crippen LogP contribution in [0.15, 0.2) is 237 Å². The van der Waals surface area contributed by atoms with Crippen LogP contribution in [0.2, 0.25) is 0 Å². The van der Waals surface area contributed by atoms with Crippen LogP contribution in [0.3, 0.4) is 0 Å². The average Bonchev–Trinajstić information content (AvgIpc) is 3.72. The van der Waals surface area contributed by atoms with Crippen LogP contribution in [0.25, 0.3) is 127 Å². The first-order valence-corrected chi connectivity index (χ1v) is 22.2. The van der Waals surface area contributed by atoms with Gasteiger partial charge in [0.05, 0.1) is 22.4 Å². The number of hydrogen-bond donors (Lipinski definition) is 0. The fraction of sp³-hybridized carbons (Fsp3) is 0. The third-order valence-corrected chi connectivity index (χ3v) is 13.2. The minimum Gasteiger partial charge on any atom is -0.309 e. The number of fused-ring (bicyclic) bond motifs is 8. The van der Waals surface area contributed by atoms with Gasteiger partial charge in [-0.2, -0.15) is 0 Å². The van der Waals surface area contributed by atoms with Gasteiger partial charge in [-0.15, -0.1) is 0 Å². The van der Waals surface area contributed by atoms with Crippen molar-refractivity contribution in [2.45, 2.75) is 0 Å². The lowest BCUT2D eigenvalue weighted by atomic mass is 9.88. The predicted octanol–water partition coefficient (Wildman–Crippen LogP) is 16.5. The number of para-hydroxylation sites is 2. The van der Waals surface area contributed by atoms with Crippen LogP contribution in [0.5, 0.6) is 0 Å². The highest BCUT2D eigenvalue weighted by Crippen LogP contribution is 2.42. The van der Waals surface area contributed by atoms with Gasteiger partial charge in [-0.1, -0.05) is 200 Å². The van der Waals surface area contributed by atoms with E-state index in [1.54, 1.807) is 0 Å². The van der Waals surface area contributed by atoms with Crippen molar-refractivity contribution in [3.05, 3.63) is 237 Å².